The van der Waals surface area contributed by atoms with Gasteiger partial charge in [0, 0.05) is 35.4 Å². The van der Waals surface area contributed by atoms with E-state index in [9.17, 15) is 0 Å². The molecule has 1 aliphatic rings. The fourth-order valence-corrected chi connectivity index (χ4v) is 2.88. The Morgan fingerprint density at radius 2 is 2.05 bits per heavy atom. The van der Waals surface area contributed by atoms with Crippen molar-refractivity contribution in [3.05, 3.63) is 40.3 Å². The van der Waals surface area contributed by atoms with E-state index >= 15 is 0 Å². The van der Waals surface area contributed by atoms with Crippen molar-refractivity contribution in [1.82, 2.24) is 20.2 Å². The molecule has 0 saturated carbocycles. The summed E-state index contributed by atoms with van der Waals surface area (Å²) in [5, 5.41) is 3.52. The molecule has 106 valence electrons. The fourth-order valence-electron chi connectivity index (χ4n) is 2.62. The number of likely N-dealkylation sites (N-methyl/N-ethyl adjacent to an activating group) is 1. The van der Waals surface area contributed by atoms with Crippen molar-refractivity contribution in [3.63, 3.8) is 0 Å². The first-order valence-electron chi connectivity index (χ1n) is 6.88. The average Bonchev–Trinajstić information content (AvgIpc) is 2.82. The molecule has 20 heavy (non-hydrogen) atoms. The molecule has 1 unspecified atom stereocenters. The second-order valence-electron chi connectivity index (χ2n) is 5.37. The zero-order valence-corrected chi connectivity index (χ0v) is 13.4. The van der Waals surface area contributed by atoms with Gasteiger partial charge in [-0.3, -0.25) is 0 Å². The maximum absolute atomic E-state index is 4.81. The molecule has 1 atom stereocenters. The molecule has 0 spiro atoms. The summed E-state index contributed by atoms with van der Waals surface area (Å²) in [7, 11) is 2.15. The Balaban J connectivity index is 1.88. The monoisotopic (exact) mass is 334 g/mol. The summed E-state index contributed by atoms with van der Waals surface area (Å²) in [6.45, 7) is 5.18. The molecule has 5 heteroatoms. The maximum Gasteiger partial charge on any atom is 0.125 e. The van der Waals surface area contributed by atoms with Crippen LogP contribution in [0.1, 0.15) is 17.6 Å². The number of aromatic amines is 1. The van der Waals surface area contributed by atoms with Crippen LogP contribution in [0.5, 0.6) is 0 Å². The molecule has 2 aromatic rings. The Morgan fingerprint density at radius 1 is 1.30 bits per heavy atom. The summed E-state index contributed by atoms with van der Waals surface area (Å²) in [4.78, 5) is 10.6. The lowest BCUT2D eigenvalue weighted by molar-refractivity contribution is 0.236. The second kappa shape index (κ2) is 5.68. The van der Waals surface area contributed by atoms with Crippen LogP contribution in [0.3, 0.4) is 0 Å². The van der Waals surface area contributed by atoms with E-state index in [1.165, 1.54) is 0 Å². The summed E-state index contributed by atoms with van der Waals surface area (Å²) in [5.74, 6) is 1.03. The molecule has 0 amide bonds. The minimum Gasteiger partial charge on any atom is -0.344 e. The SMILES string of the molecule is Cc1[nH]c(C2CN(C)CCN2)nc1-c1ccc(Br)cc1. The lowest BCUT2D eigenvalue weighted by Gasteiger charge is -2.29. The number of halogens is 1. The molecule has 2 heterocycles. The molecule has 1 saturated heterocycles. The van der Waals surface area contributed by atoms with Gasteiger partial charge in [0.15, 0.2) is 0 Å². The van der Waals surface area contributed by atoms with Crippen LogP contribution in [0.2, 0.25) is 0 Å². The molecule has 0 radical (unpaired) electrons. The van der Waals surface area contributed by atoms with E-state index in [0.717, 1.165) is 46.9 Å². The molecular formula is C15H19BrN4. The van der Waals surface area contributed by atoms with Gasteiger partial charge in [-0.2, -0.15) is 0 Å². The molecule has 1 aromatic heterocycles. The number of aryl methyl sites for hydroxylation is 1. The number of imidazole rings is 1. The highest BCUT2D eigenvalue weighted by molar-refractivity contribution is 9.10. The number of H-pyrrole nitrogens is 1. The Morgan fingerprint density at radius 3 is 2.75 bits per heavy atom. The lowest BCUT2D eigenvalue weighted by Crippen LogP contribution is -2.44. The molecule has 1 aromatic carbocycles. The van der Waals surface area contributed by atoms with E-state index in [0.29, 0.717) is 0 Å². The molecule has 1 fully saturated rings. The molecular weight excluding hydrogens is 316 g/mol. The molecule has 0 bridgehead atoms. The van der Waals surface area contributed by atoms with Crippen LogP contribution in [-0.2, 0) is 0 Å². The molecule has 0 aliphatic carbocycles. The largest absolute Gasteiger partial charge is 0.344 e. The summed E-state index contributed by atoms with van der Waals surface area (Å²) in [5.41, 5.74) is 3.32. The zero-order chi connectivity index (χ0) is 14.1. The number of benzene rings is 1. The van der Waals surface area contributed by atoms with Crippen molar-refractivity contribution in [2.24, 2.45) is 0 Å². The molecule has 4 nitrogen and oxygen atoms in total. The van der Waals surface area contributed by atoms with Crippen molar-refractivity contribution < 1.29 is 0 Å². The first kappa shape index (κ1) is 13.8. The topological polar surface area (TPSA) is 44.0 Å². The number of aromatic nitrogens is 2. The normalized spacial score (nSPS) is 20.2. The van der Waals surface area contributed by atoms with Crippen LogP contribution >= 0.6 is 15.9 Å². The van der Waals surface area contributed by atoms with Crippen LogP contribution in [-0.4, -0.2) is 41.5 Å². The second-order valence-corrected chi connectivity index (χ2v) is 6.29. The highest BCUT2D eigenvalue weighted by Crippen LogP contribution is 2.25. The van der Waals surface area contributed by atoms with Gasteiger partial charge in [0.25, 0.3) is 0 Å². The van der Waals surface area contributed by atoms with Crippen LogP contribution in [0.15, 0.2) is 28.7 Å². The molecule has 1 aliphatic heterocycles. The predicted octanol–water partition coefficient (Wildman–Crippen LogP) is 2.72. The van der Waals surface area contributed by atoms with Gasteiger partial charge < -0.3 is 15.2 Å². The maximum atomic E-state index is 4.81. The fraction of sp³-hybridized carbons (Fsp3) is 0.400. The van der Waals surface area contributed by atoms with Gasteiger partial charge in [-0.15, -0.1) is 0 Å². The first-order valence-corrected chi connectivity index (χ1v) is 7.67. The van der Waals surface area contributed by atoms with E-state index < -0.39 is 0 Å². The summed E-state index contributed by atoms with van der Waals surface area (Å²) in [6, 6.07) is 8.58. The van der Waals surface area contributed by atoms with Gasteiger partial charge in [0.1, 0.15) is 5.82 Å². The standard InChI is InChI=1S/C15H19BrN4/c1-10-14(11-3-5-12(16)6-4-11)19-15(18-10)13-9-20(2)8-7-17-13/h3-6,13,17H,7-9H2,1-2H3,(H,18,19). The molecule has 3 rings (SSSR count). The van der Waals surface area contributed by atoms with Crippen molar-refractivity contribution in [2.75, 3.05) is 26.7 Å². The van der Waals surface area contributed by atoms with E-state index in [4.69, 9.17) is 4.98 Å². The number of piperazine rings is 1. The summed E-state index contributed by atoms with van der Waals surface area (Å²) < 4.78 is 1.09. The van der Waals surface area contributed by atoms with Crippen molar-refractivity contribution in [2.45, 2.75) is 13.0 Å². The summed E-state index contributed by atoms with van der Waals surface area (Å²) >= 11 is 3.47. The number of nitrogens with zero attached hydrogens (tertiary/aromatic N) is 2. The predicted molar refractivity (Wildman–Crippen MR) is 84.7 cm³/mol. The van der Waals surface area contributed by atoms with Gasteiger partial charge in [0.2, 0.25) is 0 Å². The lowest BCUT2D eigenvalue weighted by atomic mass is 10.1. The number of nitrogens with one attached hydrogen (secondary N) is 2. The van der Waals surface area contributed by atoms with E-state index in [1.807, 2.05) is 0 Å². The first-order chi connectivity index (χ1) is 9.63. The smallest absolute Gasteiger partial charge is 0.125 e. The highest BCUT2D eigenvalue weighted by Gasteiger charge is 2.22. The van der Waals surface area contributed by atoms with Crippen LogP contribution in [0, 0.1) is 6.92 Å². The van der Waals surface area contributed by atoms with Crippen molar-refractivity contribution >= 4 is 15.9 Å². The van der Waals surface area contributed by atoms with Crippen molar-refractivity contribution in [1.29, 1.82) is 0 Å². The quantitative estimate of drug-likeness (QED) is 0.887. The van der Waals surface area contributed by atoms with Gasteiger partial charge in [-0.1, -0.05) is 28.1 Å². The number of rotatable bonds is 2. The van der Waals surface area contributed by atoms with Gasteiger partial charge in [-0.25, -0.2) is 4.98 Å². The van der Waals surface area contributed by atoms with Crippen LogP contribution in [0.25, 0.3) is 11.3 Å². The minimum atomic E-state index is 0.289. The van der Waals surface area contributed by atoms with Crippen LogP contribution < -0.4 is 5.32 Å². The average molecular weight is 335 g/mol. The van der Waals surface area contributed by atoms with Gasteiger partial charge >= 0.3 is 0 Å². The molecule has 2 N–H and O–H groups in total. The van der Waals surface area contributed by atoms with Gasteiger partial charge in [0.05, 0.1) is 11.7 Å². The highest BCUT2D eigenvalue weighted by atomic mass is 79.9. The Bertz CT molecular complexity index is 590. The van der Waals surface area contributed by atoms with Crippen LogP contribution in [0.4, 0.5) is 0 Å². The third-order valence-corrected chi connectivity index (χ3v) is 4.26. The number of hydrogen-bond donors (Lipinski definition) is 2. The number of hydrogen-bond acceptors (Lipinski definition) is 3. The Kier molecular flexibility index (Phi) is 3.92. The minimum absolute atomic E-state index is 0.289. The Hall–Kier alpha value is -1.17. The third-order valence-electron chi connectivity index (χ3n) is 3.73. The van der Waals surface area contributed by atoms with E-state index in [-0.39, 0.29) is 6.04 Å². The summed E-state index contributed by atoms with van der Waals surface area (Å²) in [6.07, 6.45) is 0. The third kappa shape index (κ3) is 2.80. The van der Waals surface area contributed by atoms with Crippen molar-refractivity contribution in [3.8, 4) is 11.3 Å². The van der Waals surface area contributed by atoms with E-state index in [2.05, 4.69) is 69.4 Å². The Labute approximate surface area is 127 Å². The van der Waals surface area contributed by atoms with Gasteiger partial charge in [-0.05, 0) is 26.1 Å². The van der Waals surface area contributed by atoms with E-state index in [1.54, 1.807) is 0 Å². The zero-order valence-electron chi connectivity index (χ0n) is 11.8.